The maximum Gasteiger partial charge on any atom is 0.199 e. The molecule has 0 saturated heterocycles. The van der Waals surface area contributed by atoms with E-state index in [0.29, 0.717) is 23.7 Å². The van der Waals surface area contributed by atoms with Crippen molar-refractivity contribution in [3.63, 3.8) is 0 Å². The summed E-state index contributed by atoms with van der Waals surface area (Å²) in [5.41, 5.74) is 2.11. The topological polar surface area (TPSA) is 47.6 Å². The molecule has 0 radical (unpaired) electrons. The highest BCUT2D eigenvalue weighted by Gasteiger charge is 2.22. The lowest BCUT2D eigenvalue weighted by Crippen LogP contribution is -2.14. The molecule has 1 aromatic rings. The van der Waals surface area contributed by atoms with Crippen LogP contribution >= 0.6 is 0 Å². The summed E-state index contributed by atoms with van der Waals surface area (Å²) in [5, 5.41) is 17.4. The van der Waals surface area contributed by atoms with Crippen molar-refractivity contribution in [3.8, 4) is 12.1 Å². The predicted octanol–water partition coefficient (Wildman–Crippen LogP) is 7.13. The van der Waals surface area contributed by atoms with Gasteiger partial charge in [-0.1, -0.05) is 36.4 Å². The summed E-state index contributed by atoms with van der Waals surface area (Å²) in [5.74, 6) is 1.77. The molecule has 2 saturated carbocycles. The second kappa shape index (κ2) is 10.8. The van der Waals surface area contributed by atoms with Gasteiger partial charge in [0.05, 0.1) is 11.6 Å². The van der Waals surface area contributed by atoms with E-state index in [2.05, 4.69) is 30.4 Å². The molecule has 150 valence electrons. The van der Waals surface area contributed by atoms with Gasteiger partial charge in [-0.2, -0.15) is 14.9 Å². The van der Waals surface area contributed by atoms with Crippen LogP contribution < -0.4 is 0 Å². The number of hydrogen-bond donors (Lipinski definition) is 0. The Morgan fingerprint density at radius 2 is 1.31 bits per heavy atom. The number of nitrogens with zero attached hydrogens (tertiary/aromatic N) is 2. The molecule has 3 heteroatoms. The lowest BCUT2D eigenvalue weighted by atomic mass is 9.77. The average Bonchev–Trinajstić information content (AvgIpc) is 2.79. The van der Waals surface area contributed by atoms with Crippen LogP contribution in [-0.2, 0) is 0 Å². The van der Waals surface area contributed by atoms with E-state index in [1.807, 2.05) is 18.2 Å². The van der Waals surface area contributed by atoms with Crippen molar-refractivity contribution in [2.45, 2.75) is 57.3 Å². The van der Waals surface area contributed by atoms with Gasteiger partial charge in [-0.3, -0.25) is 0 Å². The summed E-state index contributed by atoms with van der Waals surface area (Å²) in [4.78, 5) is 0. The normalized spacial score (nSPS) is 28.3. The van der Waals surface area contributed by atoms with Crippen molar-refractivity contribution >= 4 is 0 Å². The Kier molecular flexibility index (Phi) is 7.83. The summed E-state index contributed by atoms with van der Waals surface area (Å²) in [6, 6.07) is 11.8. The number of hydrogen-bond acceptors (Lipinski definition) is 2. The van der Waals surface area contributed by atoms with Gasteiger partial charge in [-0.25, -0.2) is 0 Å². The molecule has 1 aromatic carbocycles. The molecule has 0 heterocycles. The highest BCUT2D eigenvalue weighted by Crippen LogP contribution is 2.37. The van der Waals surface area contributed by atoms with E-state index in [1.54, 1.807) is 6.08 Å². The van der Waals surface area contributed by atoms with Crippen LogP contribution in [-0.4, -0.2) is 0 Å². The van der Waals surface area contributed by atoms with Crippen LogP contribution in [0.1, 0.15) is 68.4 Å². The Bertz CT molecular complexity index is 819. The summed E-state index contributed by atoms with van der Waals surface area (Å²) >= 11 is 0. The first kappa shape index (κ1) is 21.1. The van der Waals surface area contributed by atoms with Gasteiger partial charge in [0.1, 0.15) is 6.07 Å². The van der Waals surface area contributed by atoms with E-state index >= 15 is 0 Å². The van der Waals surface area contributed by atoms with Crippen molar-refractivity contribution in [1.29, 1.82) is 10.5 Å². The third-order valence-electron chi connectivity index (χ3n) is 6.49. The Morgan fingerprint density at radius 1 is 0.793 bits per heavy atom. The quantitative estimate of drug-likeness (QED) is 0.306. The Balaban J connectivity index is 1.40. The monoisotopic (exact) mass is 388 g/mol. The first-order valence-electron chi connectivity index (χ1n) is 10.8. The van der Waals surface area contributed by atoms with E-state index in [0.717, 1.165) is 18.4 Å². The molecule has 2 aliphatic rings. The van der Waals surface area contributed by atoms with Gasteiger partial charge in [0.25, 0.3) is 0 Å². The molecular formula is C26H29FN2. The molecule has 0 spiro atoms. The van der Waals surface area contributed by atoms with Gasteiger partial charge in [0, 0.05) is 0 Å². The van der Waals surface area contributed by atoms with E-state index in [9.17, 15) is 4.39 Å². The Morgan fingerprint density at radius 3 is 1.83 bits per heavy atom. The lowest BCUT2D eigenvalue weighted by molar-refractivity contribution is 0.348. The van der Waals surface area contributed by atoms with Crippen LogP contribution in [0, 0.1) is 40.4 Å². The average molecular weight is 389 g/mol. The number of benzene rings is 1. The Hall–Kier alpha value is -2.65. The summed E-state index contributed by atoms with van der Waals surface area (Å²) in [7, 11) is 0. The molecule has 0 bridgehead atoms. The van der Waals surface area contributed by atoms with Crippen LogP contribution in [0.3, 0.4) is 0 Å². The molecule has 2 aliphatic carbocycles. The van der Waals surface area contributed by atoms with Crippen molar-refractivity contribution in [3.05, 3.63) is 71.6 Å². The fourth-order valence-corrected chi connectivity index (χ4v) is 4.65. The van der Waals surface area contributed by atoms with Gasteiger partial charge in [0.2, 0.25) is 0 Å². The van der Waals surface area contributed by atoms with Gasteiger partial charge in [-0.05, 0) is 98.8 Å². The molecule has 2 nitrogen and oxygen atoms in total. The third kappa shape index (κ3) is 6.43. The maximum absolute atomic E-state index is 12.8. The molecule has 0 atom stereocenters. The van der Waals surface area contributed by atoms with Crippen molar-refractivity contribution in [2.24, 2.45) is 17.8 Å². The summed E-state index contributed by atoms with van der Waals surface area (Å²) < 4.78 is 12.8. The largest absolute Gasteiger partial charge is 0.199 e. The van der Waals surface area contributed by atoms with E-state index in [4.69, 9.17) is 10.5 Å². The number of halogens is 1. The predicted molar refractivity (Wildman–Crippen MR) is 114 cm³/mol. The molecule has 0 N–H and O–H groups in total. The molecule has 2 fully saturated rings. The van der Waals surface area contributed by atoms with E-state index < -0.39 is 5.83 Å². The van der Waals surface area contributed by atoms with Gasteiger partial charge in [-0.15, -0.1) is 0 Å². The lowest BCUT2D eigenvalue weighted by Gasteiger charge is -2.28. The van der Waals surface area contributed by atoms with Gasteiger partial charge in [0.15, 0.2) is 5.83 Å². The fourth-order valence-electron chi connectivity index (χ4n) is 4.65. The molecular weight excluding hydrogens is 359 g/mol. The van der Waals surface area contributed by atoms with Crippen LogP contribution in [0.4, 0.5) is 4.39 Å². The standard InChI is InChI=1S/C26H29FN2/c27-26(19-29)3-1-2-20-4-6-21(7-5-20)8-9-22-10-14-24(15-11-22)25-16-12-23(18-28)13-17-25/h1-3,8-9,12-13,16-17,20-22,24H,4-7,10-11,14-15H2/b2-1?,9-8+,26-3?. The van der Waals surface area contributed by atoms with Crippen LogP contribution in [0.25, 0.3) is 0 Å². The van der Waals surface area contributed by atoms with Crippen molar-refractivity contribution in [2.75, 3.05) is 0 Å². The molecule has 0 amide bonds. The first-order chi connectivity index (χ1) is 14.2. The zero-order valence-corrected chi connectivity index (χ0v) is 16.9. The molecule has 0 aromatic heterocycles. The zero-order chi connectivity index (χ0) is 20.5. The maximum atomic E-state index is 12.8. The molecule has 0 aliphatic heterocycles. The van der Waals surface area contributed by atoms with Crippen LogP contribution in [0.15, 0.2) is 60.5 Å². The highest BCUT2D eigenvalue weighted by atomic mass is 19.1. The van der Waals surface area contributed by atoms with Crippen molar-refractivity contribution in [1.82, 2.24) is 0 Å². The minimum Gasteiger partial charge on any atom is -0.195 e. The SMILES string of the molecule is N#CC(F)=CC=CC1CCC(/C=C/C2CCC(c3ccc(C#N)cc3)CC2)CC1. The number of rotatable bonds is 5. The van der Waals surface area contributed by atoms with Gasteiger partial charge < -0.3 is 0 Å². The molecule has 0 unspecified atom stereocenters. The van der Waals surface area contributed by atoms with Crippen LogP contribution in [0.5, 0.6) is 0 Å². The van der Waals surface area contributed by atoms with Crippen LogP contribution in [0.2, 0.25) is 0 Å². The van der Waals surface area contributed by atoms with Gasteiger partial charge >= 0.3 is 0 Å². The Labute approximate surface area is 174 Å². The molecule has 3 rings (SSSR count). The second-order valence-corrected chi connectivity index (χ2v) is 8.42. The van der Waals surface area contributed by atoms with E-state index in [1.165, 1.54) is 56.2 Å². The number of allylic oxidation sites excluding steroid dienone is 6. The fraction of sp³-hybridized carbons (Fsp3) is 0.462. The minimum absolute atomic E-state index is 0.505. The second-order valence-electron chi connectivity index (χ2n) is 8.42. The minimum atomic E-state index is -0.730. The highest BCUT2D eigenvalue weighted by molar-refractivity contribution is 5.33. The zero-order valence-electron chi connectivity index (χ0n) is 16.9. The van der Waals surface area contributed by atoms with Crippen molar-refractivity contribution < 1.29 is 4.39 Å². The smallest absolute Gasteiger partial charge is 0.195 e. The summed E-state index contributed by atoms with van der Waals surface area (Å²) in [6.45, 7) is 0. The summed E-state index contributed by atoms with van der Waals surface area (Å²) in [6.07, 6.45) is 19.5. The van der Waals surface area contributed by atoms with E-state index in [-0.39, 0.29) is 0 Å². The third-order valence-corrected chi connectivity index (χ3v) is 6.49. The molecule has 29 heavy (non-hydrogen) atoms. The number of nitriles is 2. The first-order valence-corrected chi connectivity index (χ1v) is 10.8.